The van der Waals surface area contributed by atoms with E-state index in [-0.39, 0.29) is 12.6 Å². The van der Waals surface area contributed by atoms with Gasteiger partial charge in [-0.15, -0.1) is 0 Å². The number of benzene rings is 1. The number of para-hydroxylation sites is 1. The molecule has 1 aromatic carbocycles. The van der Waals surface area contributed by atoms with Crippen LogP contribution in [-0.2, 0) is 14.1 Å². The summed E-state index contributed by atoms with van der Waals surface area (Å²) in [5.41, 5.74) is 0. The summed E-state index contributed by atoms with van der Waals surface area (Å²) in [6.45, 7) is 8.79. The Kier molecular flexibility index (Phi) is 5.99. The maximum absolute atomic E-state index is 13.1. The van der Waals surface area contributed by atoms with Gasteiger partial charge in [0, 0.05) is 0 Å². The number of hydrogen-bond donors (Lipinski definition) is 1. The molecule has 0 aromatic heterocycles. The minimum Gasteiger partial charge on any atom is -0.462 e. The molecule has 0 aliphatic heterocycles. The molecule has 0 aliphatic carbocycles. The molecule has 1 aromatic rings. The first kappa shape index (κ1) is 17.7. The van der Waals surface area contributed by atoms with Gasteiger partial charge < -0.3 is 9.26 Å². The van der Waals surface area contributed by atoms with E-state index in [4.69, 9.17) is 9.26 Å². The number of hydrogen-bond acceptors (Lipinski definition) is 4. The molecule has 0 fully saturated rings. The molecule has 0 amide bonds. The van der Waals surface area contributed by atoms with Crippen LogP contribution in [-0.4, -0.2) is 23.8 Å². The van der Waals surface area contributed by atoms with Crippen LogP contribution < -0.4 is 9.61 Å². The summed E-state index contributed by atoms with van der Waals surface area (Å²) in [6.07, 6.45) is -0.205. The Bertz CT molecular complexity index is 508. The van der Waals surface area contributed by atoms with Crippen molar-refractivity contribution in [1.29, 1.82) is 0 Å². The topological polar surface area (TPSA) is 64.6 Å². The number of ether oxygens (including phenoxy) is 1. The molecule has 1 atom stereocenters. The van der Waals surface area contributed by atoms with Crippen LogP contribution >= 0.6 is 7.52 Å². The molecule has 6 heteroatoms. The SMILES string of the molecule is CC(C)OC(=O)CNP(=O)(Oc1ccccc1)C(C)(C)C. The maximum Gasteiger partial charge on any atom is 0.322 e. The summed E-state index contributed by atoms with van der Waals surface area (Å²) < 4.78 is 23.7. The number of esters is 1. The monoisotopic (exact) mass is 313 g/mol. The number of carbonyl (C=O) groups excluding carboxylic acids is 1. The number of nitrogens with one attached hydrogen (secondary N) is 1. The molecule has 118 valence electrons. The van der Waals surface area contributed by atoms with Gasteiger partial charge >= 0.3 is 13.5 Å². The van der Waals surface area contributed by atoms with Gasteiger partial charge in [-0.2, -0.15) is 0 Å². The van der Waals surface area contributed by atoms with Crippen molar-refractivity contribution in [2.75, 3.05) is 6.54 Å². The maximum atomic E-state index is 13.1. The Morgan fingerprint density at radius 3 is 2.29 bits per heavy atom. The van der Waals surface area contributed by atoms with E-state index in [1.807, 2.05) is 6.07 Å². The van der Waals surface area contributed by atoms with E-state index in [1.54, 1.807) is 58.9 Å². The van der Waals surface area contributed by atoms with Gasteiger partial charge in [-0.25, -0.2) is 5.09 Å². The van der Waals surface area contributed by atoms with Gasteiger partial charge in [-0.1, -0.05) is 18.2 Å². The summed E-state index contributed by atoms with van der Waals surface area (Å²) in [5, 5.41) is 2.10. The highest BCUT2D eigenvalue weighted by atomic mass is 31.2. The standard InChI is InChI=1S/C15H24NO4P/c1-12(2)19-14(17)11-16-21(18,15(3,4)5)20-13-9-7-6-8-10-13/h6-10,12H,11H2,1-5H3,(H,16,18). The van der Waals surface area contributed by atoms with Crippen molar-refractivity contribution < 1.29 is 18.6 Å². The van der Waals surface area contributed by atoms with E-state index >= 15 is 0 Å². The van der Waals surface area contributed by atoms with Gasteiger partial charge in [0.25, 0.3) is 0 Å². The molecule has 0 radical (unpaired) electrons. The zero-order chi connectivity index (χ0) is 16.1. The van der Waals surface area contributed by atoms with Gasteiger partial charge in [-0.05, 0) is 46.8 Å². The highest BCUT2D eigenvalue weighted by Gasteiger charge is 2.39. The van der Waals surface area contributed by atoms with Gasteiger partial charge in [-0.3, -0.25) is 9.36 Å². The van der Waals surface area contributed by atoms with Crippen molar-refractivity contribution in [2.24, 2.45) is 0 Å². The lowest BCUT2D eigenvalue weighted by atomic mass is 10.3. The molecule has 1 unspecified atom stereocenters. The van der Waals surface area contributed by atoms with Crippen LogP contribution in [0.3, 0.4) is 0 Å². The predicted octanol–water partition coefficient (Wildman–Crippen LogP) is 3.60. The van der Waals surface area contributed by atoms with E-state index in [9.17, 15) is 9.36 Å². The van der Waals surface area contributed by atoms with Gasteiger partial charge in [0.1, 0.15) is 12.3 Å². The molecule has 0 saturated carbocycles. The smallest absolute Gasteiger partial charge is 0.322 e. The van der Waals surface area contributed by atoms with Crippen LogP contribution in [0.1, 0.15) is 34.6 Å². The van der Waals surface area contributed by atoms with Crippen molar-refractivity contribution in [3.8, 4) is 5.75 Å². The molecular formula is C15H24NO4P. The molecular weight excluding hydrogens is 289 g/mol. The first-order valence-corrected chi connectivity index (χ1v) is 8.56. The zero-order valence-corrected chi connectivity index (χ0v) is 14.1. The quantitative estimate of drug-likeness (QED) is 0.642. The predicted molar refractivity (Wildman–Crippen MR) is 83.7 cm³/mol. The van der Waals surface area contributed by atoms with E-state index < -0.39 is 18.6 Å². The Hall–Kier alpha value is -1.32. The lowest BCUT2D eigenvalue weighted by Crippen LogP contribution is -2.33. The van der Waals surface area contributed by atoms with Gasteiger partial charge in [0.2, 0.25) is 0 Å². The normalized spacial score (nSPS) is 14.6. The average Bonchev–Trinajstić information content (AvgIpc) is 2.35. The van der Waals surface area contributed by atoms with E-state index in [1.165, 1.54) is 0 Å². The number of carbonyl (C=O) groups is 1. The second-order valence-corrected chi connectivity index (χ2v) is 8.94. The van der Waals surface area contributed by atoms with Crippen LogP contribution in [0.2, 0.25) is 0 Å². The third-order valence-corrected chi connectivity index (χ3v) is 5.47. The molecule has 21 heavy (non-hydrogen) atoms. The molecule has 0 heterocycles. The average molecular weight is 313 g/mol. The summed E-state index contributed by atoms with van der Waals surface area (Å²) in [4.78, 5) is 11.6. The molecule has 1 rings (SSSR count). The Morgan fingerprint density at radius 2 is 1.81 bits per heavy atom. The van der Waals surface area contributed by atoms with E-state index in [0.717, 1.165) is 0 Å². The van der Waals surface area contributed by atoms with Crippen molar-refractivity contribution in [1.82, 2.24) is 5.09 Å². The Labute approximate surface area is 126 Å². The fraction of sp³-hybridized carbons (Fsp3) is 0.533. The fourth-order valence-corrected chi connectivity index (χ4v) is 3.08. The first-order valence-electron chi connectivity index (χ1n) is 6.93. The first-order chi connectivity index (χ1) is 9.64. The molecule has 1 N–H and O–H groups in total. The molecule has 5 nitrogen and oxygen atoms in total. The molecule has 0 spiro atoms. The van der Waals surface area contributed by atoms with Gasteiger partial charge in [0.15, 0.2) is 0 Å². The summed E-state index contributed by atoms with van der Waals surface area (Å²) in [5.74, 6) is 0.0478. The summed E-state index contributed by atoms with van der Waals surface area (Å²) in [7, 11) is -3.27. The highest BCUT2D eigenvalue weighted by molar-refractivity contribution is 7.58. The van der Waals surface area contributed by atoms with Crippen LogP contribution in [0, 0.1) is 0 Å². The molecule has 0 saturated heterocycles. The van der Waals surface area contributed by atoms with Crippen molar-refractivity contribution in [3.63, 3.8) is 0 Å². The minimum atomic E-state index is -3.27. The van der Waals surface area contributed by atoms with Crippen LogP contribution in [0.15, 0.2) is 30.3 Å². The van der Waals surface area contributed by atoms with Gasteiger partial charge in [0.05, 0.1) is 11.3 Å². The zero-order valence-electron chi connectivity index (χ0n) is 13.3. The van der Waals surface area contributed by atoms with E-state index in [0.29, 0.717) is 5.75 Å². The third kappa shape index (κ3) is 5.52. The number of rotatable bonds is 6. The second-order valence-electron chi connectivity index (χ2n) is 6.00. The second kappa shape index (κ2) is 7.10. The lowest BCUT2D eigenvalue weighted by molar-refractivity contribution is -0.145. The highest BCUT2D eigenvalue weighted by Crippen LogP contribution is 2.54. The van der Waals surface area contributed by atoms with Crippen LogP contribution in [0.25, 0.3) is 0 Å². The molecule has 0 bridgehead atoms. The summed E-state index contributed by atoms with van der Waals surface area (Å²) in [6, 6.07) is 8.91. The molecule has 0 aliphatic rings. The minimum absolute atomic E-state index is 0.153. The fourth-order valence-electron chi connectivity index (χ4n) is 1.51. The van der Waals surface area contributed by atoms with Crippen molar-refractivity contribution >= 4 is 13.5 Å². The summed E-state index contributed by atoms with van der Waals surface area (Å²) >= 11 is 0. The van der Waals surface area contributed by atoms with Crippen molar-refractivity contribution in [2.45, 2.75) is 45.9 Å². The third-order valence-electron chi connectivity index (χ3n) is 2.66. The lowest BCUT2D eigenvalue weighted by Gasteiger charge is -2.31. The largest absolute Gasteiger partial charge is 0.462 e. The Balaban J connectivity index is 2.81. The Morgan fingerprint density at radius 1 is 1.24 bits per heavy atom. The van der Waals surface area contributed by atoms with Crippen molar-refractivity contribution in [3.05, 3.63) is 30.3 Å². The van der Waals surface area contributed by atoms with Crippen LogP contribution in [0.5, 0.6) is 5.75 Å². The van der Waals surface area contributed by atoms with Crippen LogP contribution in [0.4, 0.5) is 0 Å². The van der Waals surface area contributed by atoms with E-state index in [2.05, 4.69) is 5.09 Å².